The third-order valence-corrected chi connectivity index (χ3v) is 6.76. The number of nitriles is 1. The Labute approximate surface area is 205 Å². The number of rotatable bonds is 11. The Bertz CT molecular complexity index is 1040. The zero-order valence-electron chi connectivity index (χ0n) is 21.0. The lowest BCUT2D eigenvalue weighted by atomic mass is 9.83. The number of nitrogens with zero attached hydrogens (tertiary/aromatic N) is 2. The highest BCUT2D eigenvalue weighted by Gasteiger charge is 2.23. The average molecular weight is 455 g/mol. The van der Waals surface area contributed by atoms with Gasteiger partial charge < -0.3 is 0 Å². The molecule has 0 N–H and O–H groups in total. The van der Waals surface area contributed by atoms with E-state index in [-0.39, 0.29) is 11.7 Å². The van der Waals surface area contributed by atoms with Gasteiger partial charge in [0.15, 0.2) is 5.78 Å². The summed E-state index contributed by atoms with van der Waals surface area (Å²) in [7, 11) is 0. The molecular formula is C31H38N2O. The van der Waals surface area contributed by atoms with Crippen molar-refractivity contribution in [2.75, 3.05) is 6.54 Å². The van der Waals surface area contributed by atoms with Crippen molar-refractivity contribution in [2.24, 2.45) is 4.99 Å². The molecule has 0 aliphatic carbocycles. The van der Waals surface area contributed by atoms with E-state index in [1.165, 1.54) is 36.8 Å². The lowest BCUT2D eigenvalue weighted by Crippen LogP contribution is -2.12. The Morgan fingerprint density at radius 1 is 1.00 bits per heavy atom. The maximum atomic E-state index is 13.1. The van der Waals surface area contributed by atoms with Gasteiger partial charge in [0.25, 0.3) is 0 Å². The molecule has 2 aromatic carbocycles. The van der Waals surface area contributed by atoms with Gasteiger partial charge in [-0.1, -0.05) is 89.3 Å². The van der Waals surface area contributed by atoms with E-state index in [0.29, 0.717) is 30.2 Å². The van der Waals surface area contributed by atoms with Gasteiger partial charge >= 0.3 is 0 Å². The number of ketones is 1. The standard InChI is InChI=1S/C31H38N2O/c1-4-5-6-7-8-9-10-31(34)30-21-29(27-13-11-24(22-32)12-14-27)28(19-20-33-30)26-17-15-25(16-18-26)23(2)3/h11-18,21,23,28H,4-10,19-20H2,1-3H3. The van der Waals surface area contributed by atoms with Gasteiger partial charge in [0.1, 0.15) is 5.71 Å². The molecular weight excluding hydrogens is 416 g/mol. The zero-order valence-corrected chi connectivity index (χ0v) is 21.0. The fourth-order valence-electron chi connectivity index (χ4n) is 4.61. The molecule has 1 atom stereocenters. The molecule has 0 saturated carbocycles. The summed E-state index contributed by atoms with van der Waals surface area (Å²) in [6, 6.07) is 18.8. The van der Waals surface area contributed by atoms with Gasteiger partial charge in [-0.05, 0) is 59.2 Å². The maximum absolute atomic E-state index is 13.1. The second-order valence-corrected chi connectivity index (χ2v) is 9.66. The Morgan fingerprint density at radius 3 is 2.32 bits per heavy atom. The minimum absolute atomic E-state index is 0.150. The molecule has 1 aliphatic rings. The summed E-state index contributed by atoms with van der Waals surface area (Å²) in [6.07, 6.45) is 10.5. The molecule has 0 spiro atoms. The number of Topliss-reactive ketones (excluding diaryl/α,β-unsaturated/α-hetero) is 1. The van der Waals surface area contributed by atoms with Crippen molar-refractivity contribution >= 4 is 17.1 Å². The van der Waals surface area contributed by atoms with Gasteiger partial charge in [0, 0.05) is 18.9 Å². The number of carbonyl (C=O) groups excluding carboxylic acids is 1. The quantitative estimate of drug-likeness (QED) is 0.323. The highest BCUT2D eigenvalue weighted by Crippen LogP contribution is 2.37. The largest absolute Gasteiger partial charge is 0.292 e. The van der Waals surface area contributed by atoms with Crippen LogP contribution in [0.3, 0.4) is 0 Å². The van der Waals surface area contributed by atoms with Crippen molar-refractivity contribution < 1.29 is 4.79 Å². The summed E-state index contributed by atoms with van der Waals surface area (Å²) >= 11 is 0. The summed E-state index contributed by atoms with van der Waals surface area (Å²) in [4.78, 5) is 17.8. The second-order valence-electron chi connectivity index (χ2n) is 9.66. The molecule has 0 radical (unpaired) electrons. The molecule has 0 amide bonds. The van der Waals surface area contributed by atoms with Crippen molar-refractivity contribution in [1.29, 1.82) is 5.26 Å². The Morgan fingerprint density at radius 2 is 1.68 bits per heavy atom. The molecule has 0 bridgehead atoms. The number of allylic oxidation sites excluding steroid dienone is 2. The van der Waals surface area contributed by atoms with E-state index in [4.69, 9.17) is 4.99 Å². The SMILES string of the molecule is CCCCCCCCC(=O)C1=NCCC(c2ccc(C(C)C)cc2)C(c2ccc(C#N)cc2)=C1. The van der Waals surface area contributed by atoms with Crippen molar-refractivity contribution in [3.63, 3.8) is 0 Å². The zero-order chi connectivity index (χ0) is 24.3. The number of aliphatic imine (C=N–C) groups is 1. The van der Waals surface area contributed by atoms with Gasteiger partial charge in [-0.3, -0.25) is 9.79 Å². The molecule has 0 aromatic heterocycles. The van der Waals surface area contributed by atoms with E-state index in [1.54, 1.807) is 0 Å². The molecule has 3 nitrogen and oxygen atoms in total. The highest BCUT2D eigenvalue weighted by molar-refractivity contribution is 6.45. The van der Waals surface area contributed by atoms with E-state index in [2.05, 4.69) is 51.1 Å². The molecule has 2 aromatic rings. The first-order valence-electron chi connectivity index (χ1n) is 12.9. The molecule has 1 aliphatic heterocycles. The molecule has 1 unspecified atom stereocenters. The third-order valence-electron chi connectivity index (χ3n) is 6.76. The number of hydrogen-bond donors (Lipinski definition) is 0. The van der Waals surface area contributed by atoms with Gasteiger partial charge in [-0.15, -0.1) is 0 Å². The van der Waals surface area contributed by atoms with Crippen LogP contribution in [0, 0.1) is 11.3 Å². The fraction of sp³-hybridized carbons (Fsp3) is 0.452. The van der Waals surface area contributed by atoms with E-state index in [1.807, 2.05) is 30.3 Å². The van der Waals surface area contributed by atoms with Crippen LogP contribution in [0.5, 0.6) is 0 Å². The van der Waals surface area contributed by atoms with Crippen LogP contribution in [0.2, 0.25) is 0 Å². The van der Waals surface area contributed by atoms with Crippen LogP contribution in [0.15, 0.2) is 59.6 Å². The first-order chi connectivity index (χ1) is 16.5. The van der Waals surface area contributed by atoms with E-state index in [0.717, 1.165) is 30.4 Å². The summed E-state index contributed by atoms with van der Waals surface area (Å²) in [6.45, 7) is 7.28. The molecule has 1 heterocycles. The van der Waals surface area contributed by atoms with E-state index in [9.17, 15) is 10.1 Å². The lowest BCUT2D eigenvalue weighted by Gasteiger charge is -2.21. The molecule has 3 rings (SSSR count). The van der Waals surface area contributed by atoms with E-state index < -0.39 is 0 Å². The van der Waals surface area contributed by atoms with Crippen molar-refractivity contribution in [3.8, 4) is 6.07 Å². The molecule has 34 heavy (non-hydrogen) atoms. The van der Waals surface area contributed by atoms with Crippen molar-refractivity contribution in [1.82, 2.24) is 0 Å². The van der Waals surface area contributed by atoms with Crippen molar-refractivity contribution in [3.05, 3.63) is 76.9 Å². The van der Waals surface area contributed by atoms with Gasteiger partial charge in [0.2, 0.25) is 0 Å². The van der Waals surface area contributed by atoms with Crippen LogP contribution in [0.25, 0.3) is 5.57 Å². The van der Waals surface area contributed by atoms with Crippen LogP contribution in [-0.2, 0) is 4.79 Å². The van der Waals surface area contributed by atoms with Crippen LogP contribution in [-0.4, -0.2) is 18.0 Å². The Kier molecular flexibility index (Phi) is 9.83. The number of carbonyl (C=O) groups is 1. The number of hydrogen-bond acceptors (Lipinski definition) is 3. The first-order valence-corrected chi connectivity index (χ1v) is 12.9. The predicted molar refractivity (Wildman–Crippen MR) is 142 cm³/mol. The smallest absolute Gasteiger partial charge is 0.180 e. The minimum atomic E-state index is 0.150. The minimum Gasteiger partial charge on any atom is -0.292 e. The normalized spacial score (nSPS) is 15.9. The van der Waals surface area contributed by atoms with Gasteiger partial charge in [-0.2, -0.15) is 5.26 Å². The average Bonchev–Trinajstić information content (AvgIpc) is 3.09. The van der Waals surface area contributed by atoms with Crippen LogP contribution >= 0.6 is 0 Å². The maximum Gasteiger partial charge on any atom is 0.180 e. The number of benzene rings is 2. The molecule has 0 saturated heterocycles. The summed E-state index contributed by atoms with van der Waals surface area (Å²) in [5.41, 5.74) is 6.00. The molecule has 178 valence electrons. The summed E-state index contributed by atoms with van der Waals surface area (Å²) < 4.78 is 0. The summed E-state index contributed by atoms with van der Waals surface area (Å²) in [5.74, 6) is 0.806. The topological polar surface area (TPSA) is 53.2 Å². The fourth-order valence-corrected chi connectivity index (χ4v) is 4.61. The van der Waals surface area contributed by atoms with E-state index >= 15 is 0 Å². The van der Waals surface area contributed by atoms with Crippen LogP contribution < -0.4 is 0 Å². The molecule has 0 fully saturated rings. The van der Waals surface area contributed by atoms with Gasteiger partial charge in [0.05, 0.1) is 11.6 Å². The second kappa shape index (κ2) is 13.0. The third kappa shape index (κ3) is 7.00. The Balaban J connectivity index is 1.85. The van der Waals surface area contributed by atoms with Crippen LogP contribution in [0.1, 0.15) is 106 Å². The Hall–Kier alpha value is -2.99. The highest BCUT2D eigenvalue weighted by atomic mass is 16.1. The first kappa shape index (κ1) is 25.6. The monoisotopic (exact) mass is 454 g/mol. The predicted octanol–water partition coefficient (Wildman–Crippen LogP) is 8.01. The number of unbranched alkanes of at least 4 members (excludes halogenated alkanes) is 5. The van der Waals surface area contributed by atoms with Crippen LogP contribution in [0.4, 0.5) is 0 Å². The molecule has 3 heteroatoms. The van der Waals surface area contributed by atoms with Gasteiger partial charge in [-0.25, -0.2) is 0 Å². The summed E-state index contributed by atoms with van der Waals surface area (Å²) in [5, 5.41) is 9.22. The van der Waals surface area contributed by atoms with Crippen molar-refractivity contribution in [2.45, 2.75) is 84.0 Å². The lowest BCUT2D eigenvalue weighted by molar-refractivity contribution is -0.113.